The number of carbonyl (C=O) groups is 3. The smallest absolute Gasteiger partial charge is 0.273 e. The fraction of sp³-hybridized carbons (Fsp3) is 0.565. The second-order valence-electron chi connectivity index (χ2n) is 8.93. The summed E-state index contributed by atoms with van der Waals surface area (Å²) in [6.45, 7) is 11.1. The lowest BCUT2D eigenvalue weighted by atomic mass is 9.93. The van der Waals surface area contributed by atoms with Gasteiger partial charge in [-0.3, -0.25) is 14.4 Å². The average molecular weight is 444 g/mol. The van der Waals surface area contributed by atoms with E-state index in [4.69, 9.17) is 4.42 Å². The molecule has 1 atom stereocenters. The van der Waals surface area contributed by atoms with Gasteiger partial charge in [0.05, 0.1) is 19.4 Å². The van der Waals surface area contributed by atoms with E-state index < -0.39 is 11.4 Å². The Kier molecular flexibility index (Phi) is 7.06. The van der Waals surface area contributed by atoms with Crippen molar-refractivity contribution in [1.82, 2.24) is 25.1 Å². The maximum Gasteiger partial charge on any atom is 0.273 e. The predicted octanol–water partition coefficient (Wildman–Crippen LogP) is 2.50. The molecule has 0 radical (unpaired) electrons. The SMILES string of the molecule is CCCN1C(=O)c2c(C(=O)NCc3ccc(C)o3)ncn2C[C@@]1(C)C(=O)NCCC(C)C. The topological polar surface area (TPSA) is 109 Å². The number of hydrogen-bond donors (Lipinski definition) is 2. The molecule has 0 saturated carbocycles. The Bertz CT molecular complexity index is 992. The summed E-state index contributed by atoms with van der Waals surface area (Å²) in [5.41, 5.74) is -0.794. The van der Waals surface area contributed by atoms with Crippen molar-refractivity contribution in [3.8, 4) is 0 Å². The molecule has 1 aliphatic heterocycles. The van der Waals surface area contributed by atoms with Gasteiger partial charge in [-0.15, -0.1) is 0 Å². The quantitative estimate of drug-likeness (QED) is 0.619. The molecule has 0 bridgehead atoms. The van der Waals surface area contributed by atoms with E-state index in [1.807, 2.05) is 19.9 Å². The number of aromatic nitrogens is 2. The molecule has 0 spiro atoms. The monoisotopic (exact) mass is 443 g/mol. The van der Waals surface area contributed by atoms with E-state index in [0.29, 0.717) is 31.2 Å². The van der Waals surface area contributed by atoms with Crippen molar-refractivity contribution in [1.29, 1.82) is 0 Å². The van der Waals surface area contributed by atoms with Crippen LogP contribution in [0.25, 0.3) is 0 Å². The van der Waals surface area contributed by atoms with Crippen molar-refractivity contribution in [2.45, 2.75) is 66.1 Å². The van der Waals surface area contributed by atoms with Crippen LogP contribution in [0.1, 0.15) is 73.0 Å². The molecular weight excluding hydrogens is 410 g/mol. The first-order chi connectivity index (χ1) is 15.2. The largest absolute Gasteiger partial charge is 0.465 e. The first-order valence-corrected chi connectivity index (χ1v) is 11.2. The Morgan fingerprint density at radius 1 is 1.28 bits per heavy atom. The van der Waals surface area contributed by atoms with Crippen molar-refractivity contribution in [3.63, 3.8) is 0 Å². The molecule has 2 N–H and O–H groups in total. The van der Waals surface area contributed by atoms with E-state index in [1.165, 1.54) is 6.33 Å². The summed E-state index contributed by atoms with van der Waals surface area (Å²) in [5.74, 6) is 0.824. The van der Waals surface area contributed by atoms with Gasteiger partial charge in [0, 0.05) is 13.1 Å². The van der Waals surface area contributed by atoms with Gasteiger partial charge in [0.15, 0.2) is 5.69 Å². The third-order valence-electron chi connectivity index (χ3n) is 5.74. The lowest BCUT2D eigenvalue weighted by Crippen LogP contribution is -2.64. The van der Waals surface area contributed by atoms with Crippen molar-refractivity contribution in [2.24, 2.45) is 5.92 Å². The van der Waals surface area contributed by atoms with Crippen molar-refractivity contribution < 1.29 is 18.8 Å². The fourth-order valence-electron chi connectivity index (χ4n) is 3.92. The second-order valence-corrected chi connectivity index (χ2v) is 8.93. The summed E-state index contributed by atoms with van der Waals surface area (Å²) in [7, 11) is 0. The van der Waals surface area contributed by atoms with Crippen molar-refractivity contribution in [2.75, 3.05) is 13.1 Å². The van der Waals surface area contributed by atoms with Crippen LogP contribution in [0, 0.1) is 12.8 Å². The highest BCUT2D eigenvalue weighted by Crippen LogP contribution is 2.29. The Hall–Kier alpha value is -3.10. The zero-order valence-corrected chi connectivity index (χ0v) is 19.5. The molecule has 9 heteroatoms. The third-order valence-corrected chi connectivity index (χ3v) is 5.74. The van der Waals surface area contributed by atoms with Gasteiger partial charge in [0.25, 0.3) is 11.8 Å². The summed E-state index contributed by atoms with van der Waals surface area (Å²) in [6, 6.07) is 3.61. The Morgan fingerprint density at radius 2 is 2.03 bits per heavy atom. The molecule has 0 aliphatic carbocycles. The van der Waals surface area contributed by atoms with Crippen molar-refractivity contribution >= 4 is 17.7 Å². The number of amides is 3. The third kappa shape index (κ3) is 4.71. The molecule has 3 heterocycles. The van der Waals surface area contributed by atoms with Crippen molar-refractivity contribution in [3.05, 3.63) is 41.4 Å². The van der Waals surface area contributed by atoms with Crippen LogP contribution < -0.4 is 10.6 Å². The van der Waals surface area contributed by atoms with Crippen LogP contribution in [0.4, 0.5) is 0 Å². The summed E-state index contributed by atoms with van der Waals surface area (Å²) in [4.78, 5) is 45.1. The van der Waals surface area contributed by atoms with Crippen LogP contribution in [0.3, 0.4) is 0 Å². The van der Waals surface area contributed by atoms with Gasteiger partial charge in [-0.2, -0.15) is 0 Å². The first-order valence-electron chi connectivity index (χ1n) is 11.2. The van der Waals surface area contributed by atoms with Gasteiger partial charge in [-0.1, -0.05) is 20.8 Å². The van der Waals surface area contributed by atoms with E-state index in [0.717, 1.165) is 12.2 Å². The number of imidazole rings is 1. The van der Waals surface area contributed by atoms with Crippen LogP contribution >= 0.6 is 0 Å². The van der Waals surface area contributed by atoms with Crippen LogP contribution in [-0.4, -0.2) is 50.8 Å². The van der Waals surface area contributed by atoms with E-state index in [1.54, 1.807) is 22.5 Å². The maximum absolute atomic E-state index is 13.5. The molecule has 0 saturated heterocycles. The highest BCUT2D eigenvalue weighted by molar-refractivity contribution is 6.07. The predicted molar refractivity (Wildman–Crippen MR) is 119 cm³/mol. The van der Waals surface area contributed by atoms with Crippen LogP contribution in [0.2, 0.25) is 0 Å². The van der Waals surface area contributed by atoms with E-state index >= 15 is 0 Å². The Labute approximate surface area is 188 Å². The Balaban J connectivity index is 1.82. The number of carbonyl (C=O) groups excluding carboxylic acids is 3. The highest BCUT2D eigenvalue weighted by atomic mass is 16.3. The van der Waals surface area contributed by atoms with Gasteiger partial charge in [-0.25, -0.2) is 4.98 Å². The standard InChI is InChI=1S/C23H33N5O4/c1-6-11-28-21(30)19-18(20(29)25-12-17-8-7-16(4)32-17)26-14-27(19)13-23(28,5)22(31)24-10-9-15(2)3/h7-8,14-15H,6,9-13H2,1-5H3,(H,24,31)(H,25,29)/t23-/m0/s1. The minimum atomic E-state index is -1.06. The van der Waals surface area contributed by atoms with E-state index in [2.05, 4.69) is 29.5 Å². The first kappa shape index (κ1) is 23.6. The Morgan fingerprint density at radius 3 is 2.66 bits per heavy atom. The summed E-state index contributed by atoms with van der Waals surface area (Å²) in [6.07, 6.45) is 3.01. The van der Waals surface area contributed by atoms with E-state index in [9.17, 15) is 14.4 Å². The molecule has 174 valence electrons. The van der Waals surface area contributed by atoms with Crippen LogP contribution in [0.15, 0.2) is 22.9 Å². The normalized spacial score (nSPS) is 18.1. The molecular formula is C23H33N5O4. The zero-order chi connectivity index (χ0) is 23.5. The summed E-state index contributed by atoms with van der Waals surface area (Å²) >= 11 is 0. The minimum Gasteiger partial charge on any atom is -0.465 e. The fourth-order valence-corrected chi connectivity index (χ4v) is 3.92. The molecule has 3 amide bonds. The number of nitrogens with one attached hydrogen (secondary N) is 2. The summed E-state index contributed by atoms with van der Waals surface area (Å²) in [5, 5.41) is 5.73. The van der Waals surface area contributed by atoms with E-state index in [-0.39, 0.29) is 36.3 Å². The second kappa shape index (κ2) is 9.58. The lowest BCUT2D eigenvalue weighted by Gasteiger charge is -2.43. The number of nitrogens with zero attached hydrogens (tertiary/aromatic N) is 3. The zero-order valence-electron chi connectivity index (χ0n) is 19.5. The van der Waals surface area contributed by atoms with Crippen LogP contribution in [0.5, 0.6) is 0 Å². The molecule has 0 unspecified atom stereocenters. The number of furan rings is 1. The molecule has 2 aromatic heterocycles. The average Bonchev–Trinajstić information content (AvgIpc) is 3.35. The highest BCUT2D eigenvalue weighted by Gasteiger charge is 2.48. The number of rotatable bonds is 9. The molecule has 0 aromatic carbocycles. The molecule has 2 aromatic rings. The maximum atomic E-state index is 13.5. The van der Waals surface area contributed by atoms with Crippen LogP contribution in [-0.2, 0) is 17.9 Å². The molecule has 32 heavy (non-hydrogen) atoms. The molecule has 3 rings (SSSR count). The summed E-state index contributed by atoms with van der Waals surface area (Å²) < 4.78 is 7.09. The van der Waals surface area contributed by atoms with Gasteiger partial charge >= 0.3 is 0 Å². The molecule has 0 fully saturated rings. The lowest BCUT2D eigenvalue weighted by molar-refractivity contribution is -0.132. The van der Waals surface area contributed by atoms with Gasteiger partial charge in [0.2, 0.25) is 5.91 Å². The van der Waals surface area contributed by atoms with Gasteiger partial charge < -0.3 is 24.5 Å². The van der Waals surface area contributed by atoms with Gasteiger partial charge in [-0.05, 0) is 44.7 Å². The molecule has 9 nitrogen and oxygen atoms in total. The number of hydrogen-bond acceptors (Lipinski definition) is 5. The van der Waals surface area contributed by atoms with Gasteiger partial charge in [0.1, 0.15) is 22.8 Å². The number of fused-ring (bicyclic) bond motifs is 1. The number of aryl methyl sites for hydroxylation is 1. The minimum absolute atomic E-state index is 0.0571. The molecule has 1 aliphatic rings.